The topological polar surface area (TPSA) is 54.9 Å². The molecular formula is C23H32IN3O2. The largest absolute Gasteiger partial charge is 0.488 e. The highest BCUT2D eigenvalue weighted by Crippen LogP contribution is 2.24. The molecule has 2 aromatic carbocycles. The van der Waals surface area contributed by atoms with Gasteiger partial charge >= 0.3 is 0 Å². The summed E-state index contributed by atoms with van der Waals surface area (Å²) in [5.74, 6) is 1.72. The number of ether oxygens (including phenoxy) is 2. The van der Waals surface area contributed by atoms with Gasteiger partial charge in [-0.3, -0.25) is 0 Å². The highest BCUT2D eigenvalue weighted by Gasteiger charge is 2.18. The molecule has 1 saturated heterocycles. The van der Waals surface area contributed by atoms with Crippen molar-refractivity contribution in [3.8, 4) is 5.75 Å². The highest BCUT2D eigenvalue weighted by molar-refractivity contribution is 14.0. The van der Waals surface area contributed by atoms with Gasteiger partial charge in [0.25, 0.3) is 0 Å². The SMILES string of the molecule is CCNC(=NCc1ccc(C)cc1OC1CCOC1)NCc1ccccc1C.I. The summed E-state index contributed by atoms with van der Waals surface area (Å²) < 4.78 is 11.6. The van der Waals surface area contributed by atoms with E-state index in [4.69, 9.17) is 14.5 Å². The number of aryl methyl sites for hydroxylation is 2. The van der Waals surface area contributed by atoms with Gasteiger partial charge in [0.05, 0.1) is 19.8 Å². The summed E-state index contributed by atoms with van der Waals surface area (Å²) in [7, 11) is 0. The summed E-state index contributed by atoms with van der Waals surface area (Å²) in [4.78, 5) is 4.78. The number of nitrogens with one attached hydrogen (secondary N) is 2. The lowest BCUT2D eigenvalue weighted by atomic mass is 10.1. The predicted molar refractivity (Wildman–Crippen MR) is 129 cm³/mol. The van der Waals surface area contributed by atoms with Crippen molar-refractivity contribution in [1.29, 1.82) is 0 Å². The molecular weight excluding hydrogens is 477 g/mol. The molecule has 6 heteroatoms. The molecule has 0 spiro atoms. The molecule has 2 N–H and O–H groups in total. The molecule has 0 aromatic heterocycles. The number of rotatable bonds is 7. The predicted octanol–water partition coefficient (Wildman–Crippen LogP) is 4.34. The Kier molecular flexibility index (Phi) is 9.73. The second-order valence-corrected chi connectivity index (χ2v) is 7.19. The fourth-order valence-electron chi connectivity index (χ4n) is 3.18. The maximum atomic E-state index is 6.19. The number of hydrogen-bond acceptors (Lipinski definition) is 3. The fraction of sp³-hybridized carbons (Fsp3) is 0.435. The minimum Gasteiger partial charge on any atom is -0.488 e. The van der Waals surface area contributed by atoms with Crippen molar-refractivity contribution in [2.75, 3.05) is 19.8 Å². The van der Waals surface area contributed by atoms with Gasteiger partial charge < -0.3 is 20.1 Å². The zero-order valence-corrected chi connectivity index (χ0v) is 19.9. The van der Waals surface area contributed by atoms with Crippen molar-refractivity contribution in [2.45, 2.75) is 46.4 Å². The van der Waals surface area contributed by atoms with Gasteiger partial charge in [-0.15, -0.1) is 24.0 Å². The number of halogens is 1. The smallest absolute Gasteiger partial charge is 0.191 e. The zero-order chi connectivity index (χ0) is 19.8. The first-order valence-electron chi connectivity index (χ1n) is 10.1. The van der Waals surface area contributed by atoms with E-state index in [0.717, 1.165) is 43.4 Å². The normalized spacial score (nSPS) is 16.2. The molecule has 1 aliphatic heterocycles. The molecule has 1 aliphatic rings. The van der Waals surface area contributed by atoms with Crippen LogP contribution in [0.2, 0.25) is 0 Å². The molecule has 1 unspecified atom stereocenters. The van der Waals surface area contributed by atoms with Crippen molar-refractivity contribution in [3.05, 3.63) is 64.7 Å². The number of guanidine groups is 1. The fourth-order valence-corrected chi connectivity index (χ4v) is 3.18. The Morgan fingerprint density at radius 2 is 1.97 bits per heavy atom. The first-order chi connectivity index (χ1) is 13.7. The number of nitrogens with zero attached hydrogens (tertiary/aromatic N) is 1. The van der Waals surface area contributed by atoms with Crippen molar-refractivity contribution < 1.29 is 9.47 Å². The van der Waals surface area contributed by atoms with Crippen molar-refractivity contribution in [2.24, 2.45) is 4.99 Å². The van der Waals surface area contributed by atoms with Gasteiger partial charge in [0.15, 0.2) is 5.96 Å². The summed E-state index contributed by atoms with van der Waals surface area (Å²) in [6, 6.07) is 14.7. The summed E-state index contributed by atoms with van der Waals surface area (Å²) in [5, 5.41) is 6.75. The molecule has 1 atom stereocenters. The van der Waals surface area contributed by atoms with Crippen LogP contribution in [-0.4, -0.2) is 31.8 Å². The van der Waals surface area contributed by atoms with Crippen molar-refractivity contribution >= 4 is 29.9 Å². The van der Waals surface area contributed by atoms with E-state index in [-0.39, 0.29) is 30.1 Å². The van der Waals surface area contributed by atoms with Crippen molar-refractivity contribution in [3.63, 3.8) is 0 Å². The molecule has 0 saturated carbocycles. The van der Waals surface area contributed by atoms with Crippen LogP contribution >= 0.6 is 24.0 Å². The van der Waals surface area contributed by atoms with Crippen LogP contribution in [-0.2, 0) is 17.8 Å². The van der Waals surface area contributed by atoms with Crippen LogP contribution in [0.15, 0.2) is 47.5 Å². The van der Waals surface area contributed by atoms with E-state index in [1.165, 1.54) is 16.7 Å². The molecule has 5 nitrogen and oxygen atoms in total. The van der Waals surface area contributed by atoms with E-state index >= 15 is 0 Å². The van der Waals surface area contributed by atoms with E-state index in [0.29, 0.717) is 13.2 Å². The third-order valence-corrected chi connectivity index (χ3v) is 4.86. The second kappa shape index (κ2) is 12.0. The summed E-state index contributed by atoms with van der Waals surface area (Å²) in [6.45, 7) is 9.85. The van der Waals surface area contributed by atoms with E-state index in [9.17, 15) is 0 Å². The quantitative estimate of drug-likeness (QED) is 0.331. The number of hydrogen-bond donors (Lipinski definition) is 2. The maximum absolute atomic E-state index is 6.19. The van der Waals surface area contributed by atoms with Crippen LogP contribution in [0.5, 0.6) is 5.75 Å². The molecule has 2 aromatic rings. The molecule has 0 radical (unpaired) electrons. The van der Waals surface area contributed by atoms with Gasteiger partial charge in [0.2, 0.25) is 0 Å². The van der Waals surface area contributed by atoms with Crippen LogP contribution in [0.4, 0.5) is 0 Å². The molecule has 1 fully saturated rings. The molecule has 3 rings (SSSR count). The minimum absolute atomic E-state index is 0. The molecule has 1 heterocycles. The zero-order valence-electron chi connectivity index (χ0n) is 17.5. The van der Waals surface area contributed by atoms with Gasteiger partial charge in [-0.2, -0.15) is 0 Å². The Morgan fingerprint density at radius 3 is 2.69 bits per heavy atom. The Labute approximate surface area is 191 Å². The first-order valence-corrected chi connectivity index (χ1v) is 10.1. The molecule has 0 bridgehead atoms. The lowest BCUT2D eigenvalue weighted by Gasteiger charge is -2.16. The first kappa shape index (κ1) is 23.5. The Hall–Kier alpha value is -1.80. The van der Waals surface area contributed by atoms with E-state index in [1.807, 2.05) is 0 Å². The monoisotopic (exact) mass is 509 g/mol. The van der Waals surface area contributed by atoms with Crippen LogP contribution in [0.3, 0.4) is 0 Å². The standard InChI is InChI=1S/C23H31N3O2.HI/c1-4-24-23(25-14-19-8-6-5-7-18(19)3)26-15-20-10-9-17(2)13-22(20)28-21-11-12-27-16-21;/h5-10,13,21H,4,11-12,14-16H2,1-3H3,(H2,24,25,26);1H. The third-order valence-electron chi connectivity index (χ3n) is 4.86. The van der Waals surface area contributed by atoms with Crippen LogP contribution in [0.25, 0.3) is 0 Å². The molecule has 0 aliphatic carbocycles. The average molecular weight is 509 g/mol. The van der Waals surface area contributed by atoms with Crippen LogP contribution < -0.4 is 15.4 Å². The Morgan fingerprint density at radius 1 is 1.14 bits per heavy atom. The number of benzene rings is 2. The summed E-state index contributed by atoms with van der Waals surface area (Å²) >= 11 is 0. The maximum Gasteiger partial charge on any atom is 0.191 e. The molecule has 158 valence electrons. The average Bonchev–Trinajstić information content (AvgIpc) is 3.19. The number of aliphatic imine (C=N–C) groups is 1. The van der Waals surface area contributed by atoms with E-state index < -0.39 is 0 Å². The Bertz CT molecular complexity index is 804. The van der Waals surface area contributed by atoms with Gasteiger partial charge in [-0.25, -0.2) is 4.99 Å². The van der Waals surface area contributed by atoms with Crippen LogP contribution in [0.1, 0.15) is 35.6 Å². The summed E-state index contributed by atoms with van der Waals surface area (Å²) in [6.07, 6.45) is 1.08. The van der Waals surface area contributed by atoms with Gasteiger partial charge in [-0.1, -0.05) is 36.4 Å². The van der Waals surface area contributed by atoms with E-state index in [1.54, 1.807) is 0 Å². The Balaban J connectivity index is 0.00000300. The lowest BCUT2D eigenvalue weighted by Crippen LogP contribution is -2.37. The third kappa shape index (κ3) is 7.19. The van der Waals surface area contributed by atoms with E-state index in [2.05, 4.69) is 73.9 Å². The van der Waals surface area contributed by atoms with Gasteiger partial charge in [0, 0.05) is 25.1 Å². The van der Waals surface area contributed by atoms with Crippen molar-refractivity contribution in [1.82, 2.24) is 10.6 Å². The minimum atomic E-state index is 0. The lowest BCUT2D eigenvalue weighted by molar-refractivity contribution is 0.140. The highest BCUT2D eigenvalue weighted by atomic mass is 127. The van der Waals surface area contributed by atoms with Gasteiger partial charge in [0.1, 0.15) is 11.9 Å². The molecule has 29 heavy (non-hydrogen) atoms. The second-order valence-electron chi connectivity index (χ2n) is 7.19. The van der Waals surface area contributed by atoms with Gasteiger partial charge in [-0.05, 0) is 43.5 Å². The molecule has 0 amide bonds. The van der Waals surface area contributed by atoms with Crippen LogP contribution in [0, 0.1) is 13.8 Å². The summed E-state index contributed by atoms with van der Waals surface area (Å²) in [5.41, 5.74) is 4.82.